The summed E-state index contributed by atoms with van der Waals surface area (Å²) in [6.07, 6.45) is 3.99. The molecule has 6 nitrogen and oxygen atoms in total. The van der Waals surface area contributed by atoms with Crippen LogP contribution < -0.4 is 5.32 Å². The van der Waals surface area contributed by atoms with Gasteiger partial charge in [-0.25, -0.2) is 4.79 Å². The molecule has 1 saturated heterocycles. The molecular formula is C17H20N2O4. The topological polar surface area (TPSA) is 91.4 Å². The number of aliphatic carboxylic acids is 1. The quantitative estimate of drug-likeness (QED) is 0.758. The normalized spacial score (nSPS) is 18.9. The number of nitrogens with one attached hydrogen (secondary N) is 2. The minimum absolute atomic E-state index is 0.0856. The molecule has 0 saturated carbocycles. The Bertz CT molecular complexity index is 703. The van der Waals surface area contributed by atoms with Crippen LogP contribution in [0, 0.1) is 0 Å². The van der Waals surface area contributed by atoms with Crippen LogP contribution in [-0.2, 0) is 20.7 Å². The van der Waals surface area contributed by atoms with E-state index in [4.69, 9.17) is 4.74 Å². The van der Waals surface area contributed by atoms with Crippen molar-refractivity contribution in [3.8, 4) is 0 Å². The molecule has 1 amide bonds. The van der Waals surface area contributed by atoms with Crippen LogP contribution in [-0.4, -0.2) is 40.7 Å². The smallest absolute Gasteiger partial charge is 0.326 e. The van der Waals surface area contributed by atoms with Gasteiger partial charge in [-0.15, -0.1) is 0 Å². The number of para-hydroxylation sites is 1. The number of rotatable bonds is 6. The molecule has 1 fully saturated rings. The predicted molar refractivity (Wildman–Crippen MR) is 85.2 cm³/mol. The number of carbonyl (C=O) groups is 2. The fourth-order valence-electron chi connectivity index (χ4n) is 2.99. The highest BCUT2D eigenvalue weighted by atomic mass is 16.5. The number of aromatic amines is 1. The molecule has 3 rings (SSSR count). The average Bonchev–Trinajstić information content (AvgIpc) is 3.16. The van der Waals surface area contributed by atoms with Crippen LogP contribution in [0.2, 0.25) is 0 Å². The van der Waals surface area contributed by atoms with E-state index in [1.54, 1.807) is 6.20 Å². The number of carbonyl (C=O) groups excluding carboxylic acids is 1. The number of carboxylic acid groups (broad SMARTS) is 1. The second-order valence-corrected chi connectivity index (χ2v) is 5.86. The van der Waals surface area contributed by atoms with E-state index in [1.807, 2.05) is 24.3 Å². The van der Waals surface area contributed by atoms with Crippen molar-refractivity contribution >= 4 is 22.8 Å². The van der Waals surface area contributed by atoms with Crippen molar-refractivity contribution in [3.05, 3.63) is 36.0 Å². The molecule has 1 aromatic carbocycles. The van der Waals surface area contributed by atoms with E-state index < -0.39 is 12.0 Å². The van der Waals surface area contributed by atoms with Crippen LogP contribution in [0.4, 0.5) is 0 Å². The van der Waals surface area contributed by atoms with Gasteiger partial charge in [-0.2, -0.15) is 0 Å². The van der Waals surface area contributed by atoms with Gasteiger partial charge in [0, 0.05) is 30.1 Å². The molecule has 122 valence electrons. The number of aromatic nitrogens is 1. The first-order chi connectivity index (χ1) is 11.1. The van der Waals surface area contributed by atoms with Crippen molar-refractivity contribution in [1.29, 1.82) is 0 Å². The number of fused-ring (bicyclic) bond motifs is 1. The minimum atomic E-state index is -1.03. The number of hydrogen-bond acceptors (Lipinski definition) is 3. The summed E-state index contributed by atoms with van der Waals surface area (Å²) in [7, 11) is 0. The Balaban J connectivity index is 1.66. The molecule has 2 aromatic rings. The predicted octanol–water partition coefficient (Wildman–Crippen LogP) is 1.85. The van der Waals surface area contributed by atoms with E-state index in [-0.39, 0.29) is 24.9 Å². The van der Waals surface area contributed by atoms with E-state index in [2.05, 4.69) is 10.3 Å². The third-order valence-corrected chi connectivity index (χ3v) is 4.17. The van der Waals surface area contributed by atoms with Gasteiger partial charge in [0.1, 0.15) is 6.04 Å². The summed E-state index contributed by atoms with van der Waals surface area (Å²) >= 11 is 0. The van der Waals surface area contributed by atoms with Crippen LogP contribution in [0.15, 0.2) is 30.5 Å². The van der Waals surface area contributed by atoms with Crippen molar-refractivity contribution in [2.45, 2.75) is 37.8 Å². The first-order valence-electron chi connectivity index (χ1n) is 7.82. The van der Waals surface area contributed by atoms with Gasteiger partial charge in [-0.3, -0.25) is 4.79 Å². The van der Waals surface area contributed by atoms with Crippen molar-refractivity contribution in [2.24, 2.45) is 0 Å². The average molecular weight is 316 g/mol. The lowest BCUT2D eigenvalue weighted by Crippen LogP contribution is -2.43. The van der Waals surface area contributed by atoms with Crippen molar-refractivity contribution in [1.82, 2.24) is 10.3 Å². The molecule has 2 unspecified atom stereocenters. The highest BCUT2D eigenvalue weighted by molar-refractivity contribution is 5.86. The van der Waals surface area contributed by atoms with Crippen LogP contribution in [0.25, 0.3) is 10.9 Å². The molecule has 6 heteroatoms. The van der Waals surface area contributed by atoms with Crippen molar-refractivity contribution in [2.75, 3.05) is 6.61 Å². The molecule has 2 heterocycles. The Morgan fingerprint density at radius 1 is 1.39 bits per heavy atom. The molecule has 0 spiro atoms. The second-order valence-electron chi connectivity index (χ2n) is 5.86. The Kier molecular flexibility index (Phi) is 4.62. The zero-order valence-corrected chi connectivity index (χ0v) is 12.7. The number of hydrogen-bond donors (Lipinski definition) is 3. The lowest BCUT2D eigenvalue weighted by molar-refractivity contribution is -0.142. The van der Waals surface area contributed by atoms with Crippen LogP contribution >= 0.6 is 0 Å². The van der Waals surface area contributed by atoms with Crippen molar-refractivity contribution < 1.29 is 19.4 Å². The van der Waals surface area contributed by atoms with Gasteiger partial charge >= 0.3 is 5.97 Å². The van der Waals surface area contributed by atoms with Gasteiger partial charge in [-0.1, -0.05) is 18.2 Å². The maximum atomic E-state index is 12.0. The van der Waals surface area contributed by atoms with Gasteiger partial charge in [-0.05, 0) is 24.5 Å². The second kappa shape index (κ2) is 6.83. The fourth-order valence-corrected chi connectivity index (χ4v) is 2.99. The number of amides is 1. The molecule has 1 aromatic heterocycles. The summed E-state index contributed by atoms with van der Waals surface area (Å²) in [4.78, 5) is 26.6. The molecule has 2 atom stereocenters. The zero-order valence-electron chi connectivity index (χ0n) is 12.7. The molecule has 1 aliphatic heterocycles. The van der Waals surface area contributed by atoms with Crippen LogP contribution in [0.5, 0.6) is 0 Å². The van der Waals surface area contributed by atoms with Gasteiger partial charge in [0.15, 0.2) is 0 Å². The molecular weight excluding hydrogens is 296 g/mol. The third-order valence-electron chi connectivity index (χ3n) is 4.17. The van der Waals surface area contributed by atoms with Gasteiger partial charge in [0.2, 0.25) is 5.91 Å². The molecule has 3 N–H and O–H groups in total. The van der Waals surface area contributed by atoms with Gasteiger partial charge < -0.3 is 20.1 Å². The van der Waals surface area contributed by atoms with Crippen molar-refractivity contribution in [3.63, 3.8) is 0 Å². The van der Waals surface area contributed by atoms with E-state index in [1.165, 1.54) is 0 Å². The number of benzene rings is 1. The summed E-state index contributed by atoms with van der Waals surface area (Å²) in [6, 6.07) is 6.76. The largest absolute Gasteiger partial charge is 0.480 e. The summed E-state index contributed by atoms with van der Waals surface area (Å²) in [5.74, 6) is -1.31. The van der Waals surface area contributed by atoms with Crippen LogP contribution in [0.3, 0.4) is 0 Å². The maximum absolute atomic E-state index is 12.0. The first-order valence-corrected chi connectivity index (χ1v) is 7.82. The molecule has 0 bridgehead atoms. The minimum Gasteiger partial charge on any atom is -0.480 e. The Morgan fingerprint density at radius 3 is 2.96 bits per heavy atom. The lowest BCUT2D eigenvalue weighted by atomic mass is 10.0. The molecule has 1 aliphatic rings. The molecule has 23 heavy (non-hydrogen) atoms. The highest BCUT2D eigenvalue weighted by Gasteiger charge is 2.25. The Morgan fingerprint density at radius 2 is 2.22 bits per heavy atom. The molecule has 0 aliphatic carbocycles. The van der Waals surface area contributed by atoms with Crippen LogP contribution in [0.1, 0.15) is 24.8 Å². The van der Waals surface area contributed by atoms with Gasteiger partial charge in [0.05, 0.1) is 12.5 Å². The van der Waals surface area contributed by atoms with E-state index in [0.29, 0.717) is 6.61 Å². The fraction of sp³-hybridized carbons (Fsp3) is 0.412. The Hall–Kier alpha value is -2.34. The summed E-state index contributed by atoms with van der Waals surface area (Å²) < 4.78 is 5.42. The van der Waals surface area contributed by atoms with E-state index in [9.17, 15) is 14.7 Å². The first kappa shape index (κ1) is 15.6. The monoisotopic (exact) mass is 316 g/mol. The number of H-pyrrole nitrogens is 1. The summed E-state index contributed by atoms with van der Waals surface area (Å²) in [5.41, 5.74) is 1.84. The number of carboxylic acids is 1. The number of ether oxygens (including phenoxy) is 1. The van der Waals surface area contributed by atoms with Gasteiger partial charge in [0.25, 0.3) is 0 Å². The Labute approximate surface area is 133 Å². The summed E-state index contributed by atoms with van der Waals surface area (Å²) in [5, 5.41) is 13.0. The summed E-state index contributed by atoms with van der Waals surface area (Å²) in [6.45, 7) is 0.676. The highest BCUT2D eigenvalue weighted by Crippen LogP contribution is 2.19. The lowest BCUT2D eigenvalue weighted by Gasteiger charge is -2.16. The third kappa shape index (κ3) is 3.71. The maximum Gasteiger partial charge on any atom is 0.326 e. The molecule has 0 radical (unpaired) electrons. The zero-order chi connectivity index (χ0) is 16.2. The van der Waals surface area contributed by atoms with E-state index >= 15 is 0 Å². The standard InChI is InChI=1S/C17H20N2O4/c20-16(9-12-4-3-7-23-12)19-15(17(21)22)8-11-10-18-14-6-2-1-5-13(11)14/h1-2,5-6,10,12,15,18H,3-4,7-9H2,(H,19,20)(H,21,22). The van der Waals surface area contributed by atoms with E-state index in [0.717, 1.165) is 29.3 Å². The SMILES string of the molecule is O=C(CC1CCCO1)NC(Cc1c[nH]c2ccccc12)C(=O)O.